The monoisotopic (exact) mass is 623 g/mol. The van der Waals surface area contributed by atoms with Crippen LogP contribution in [0.25, 0.3) is 11.1 Å². The highest BCUT2D eigenvalue weighted by Crippen LogP contribution is 2.39. The first kappa shape index (κ1) is 31.2. The summed E-state index contributed by atoms with van der Waals surface area (Å²) in [6.45, 7) is 1.95. The minimum absolute atomic E-state index is 0.00121. The highest BCUT2D eigenvalue weighted by Gasteiger charge is 2.33. The van der Waals surface area contributed by atoms with Gasteiger partial charge in [0, 0.05) is 29.5 Å². The van der Waals surface area contributed by atoms with Crippen molar-refractivity contribution in [1.82, 2.24) is 4.90 Å². The summed E-state index contributed by atoms with van der Waals surface area (Å²) in [5, 5.41) is -0.0489. The van der Waals surface area contributed by atoms with Crippen molar-refractivity contribution in [3.05, 3.63) is 82.7 Å². The van der Waals surface area contributed by atoms with E-state index in [0.717, 1.165) is 53.4 Å². The fourth-order valence-corrected chi connectivity index (χ4v) is 6.25. The van der Waals surface area contributed by atoms with Crippen molar-refractivity contribution < 1.29 is 40.9 Å². The average Bonchev–Trinajstić information content (AvgIpc) is 3.41. The zero-order chi connectivity index (χ0) is 30.6. The van der Waals surface area contributed by atoms with E-state index in [0.29, 0.717) is 50.0 Å². The molecule has 0 saturated carbocycles. The third kappa shape index (κ3) is 7.84. The highest BCUT2D eigenvalue weighted by atomic mass is 31.0. The maximum atomic E-state index is 15.0. The van der Waals surface area contributed by atoms with Gasteiger partial charge >= 0.3 is 6.36 Å². The molecular weight excluding hydrogens is 591 g/mol. The van der Waals surface area contributed by atoms with Gasteiger partial charge in [-0.2, -0.15) is 0 Å². The highest BCUT2D eigenvalue weighted by molar-refractivity contribution is 7.27. The van der Waals surface area contributed by atoms with Crippen LogP contribution in [0.15, 0.2) is 54.6 Å². The lowest BCUT2D eigenvalue weighted by Gasteiger charge is -2.23. The van der Waals surface area contributed by atoms with Gasteiger partial charge in [-0.05, 0) is 108 Å². The first-order valence-electron chi connectivity index (χ1n) is 14.2. The van der Waals surface area contributed by atoms with Crippen molar-refractivity contribution in [1.29, 1.82) is 0 Å². The minimum Gasteiger partial charge on any atom is -0.489 e. The quantitative estimate of drug-likeness (QED) is 0.180. The van der Waals surface area contributed by atoms with Crippen LogP contribution in [0.4, 0.5) is 26.5 Å². The number of fused-ring (bicyclic) bond motifs is 1. The molecule has 0 bridgehead atoms. The molecule has 0 spiro atoms. The van der Waals surface area contributed by atoms with Crippen molar-refractivity contribution in [2.45, 2.75) is 51.0 Å². The van der Waals surface area contributed by atoms with Crippen molar-refractivity contribution in [2.24, 2.45) is 0 Å². The van der Waals surface area contributed by atoms with Gasteiger partial charge in [-0.1, -0.05) is 18.2 Å². The molecule has 1 saturated heterocycles. The van der Waals surface area contributed by atoms with E-state index in [9.17, 15) is 22.1 Å². The standard InChI is InChI=1S/C32H32F6NO3P/c33-12-2-13-39-14-11-26(19-39)40-24-8-5-20(6-9-24)28-16-22-7-10-25(42-38)15-21(22)3-1-4-27(28)23-17-29(34)31(30(43)18-23)41-32(35,36)37/h5-10,15,17-18,26H,1-4,11-14,16,19,43H2/b28-27-/t26-/m0/s1. The number of hydrogen-bond donors (Lipinski definition) is 0. The molecule has 1 aliphatic heterocycles. The first-order valence-corrected chi connectivity index (χ1v) is 14.7. The Bertz CT molecular complexity index is 1440. The van der Waals surface area contributed by atoms with Crippen molar-refractivity contribution in [3.63, 3.8) is 0 Å². The van der Waals surface area contributed by atoms with Gasteiger partial charge in [0.25, 0.3) is 0 Å². The van der Waals surface area contributed by atoms with Crippen LogP contribution in [0.1, 0.15) is 47.9 Å². The van der Waals surface area contributed by atoms with E-state index >= 15 is 4.39 Å². The zero-order valence-corrected chi connectivity index (χ0v) is 24.5. The van der Waals surface area contributed by atoms with Crippen LogP contribution < -0.4 is 19.7 Å². The van der Waals surface area contributed by atoms with E-state index in [4.69, 9.17) is 4.74 Å². The molecule has 2 atom stereocenters. The molecule has 4 nitrogen and oxygen atoms in total. The molecule has 11 heteroatoms. The van der Waals surface area contributed by atoms with Crippen LogP contribution in [0.2, 0.25) is 0 Å². The number of allylic oxidation sites excluding steroid dienone is 2. The van der Waals surface area contributed by atoms with E-state index in [1.54, 1.807) is 12.1 Å². The molecule has 1 heterocycles. The predicted molar refractivity (Wildman–Crippen MR) is 157 cm³/mol. The summed E-state index contributed by atoms with van der Waals surface area (Å²) in [5.74, 6) is -1.20. The number of hydrogen-bond acceptors (Lipinski definition) is 4. The Morgan fingerprint density at radius 3 is 2.37 bits per heavy atom. The molecule has 0 radical (unpaired) electrons. The van der Waals surface area contributed by atoms with Crippen molar-refractivity contribution in [2.75, 3.05) is 26.3 Å². The second-order valence-electron chi connectivity index (χ2n) is 10.8. The van der Waals surface area contributed by atoms with E-state index < -0.39 is 17.9 Å². The number of likely N-dealkylation sites (tertiary alicyclic amines) is 1. The maximum Gasteiger partial charge on any atom is 0.573 e. The molecule has 1 aliphatic carbocycles. The summed E-state index contributed by atoms with van der Waals surface area (Å²) in [5.41, 5.74) is 4.84. The van der Waals surface area contributed by atoms with Gasteiger partial charge in [-0.25, -0.2) is 4.39 Å². The van der Waals surface area contributed by atoms with Gasteiger partial charge < -0.3 is 9.47 Å². The molecule has 3 aromatic rings. The summed E-state index contributed by atoms with van der Waals surface area (Å²) < 4.78 is 89.3. The van der Waals surface area contributed by atoms with E-state index in [1.165, 1.54) is 12.1 Å². The van der Waals surface area contributed by atoms with E-state index in [-0.39, 0.29) is 23.8 Å². The fourth-order valence-electron chi connectivity index (χ4n) is 5.87. The summed E-state index contributed by atoms with van der Waals surface area (Å²) in [6, 6.07) is 15.1. The van der Waals surface area contributed by atoms with E-state index in [1.807, 2.05) is 24.3 Å². The number of halogens is 6. The van der Waals surface area contributed by atoms with Crippen LogP contribution in [-0.2, 0) is 12.8 Å². The molecule has 1 unspecified atom stereocenters. The molecule has 5 rings (SSSR count). The lowest BCUT2D eigenvalue weighted by molar-refractivity contribution is -0.275. The molecule has 1 fully saturated rings. The van der Waals surface area contributed by atoms with Gasteiger partial charge in [-0.15, -0.1) is 22.4 Å². The average molecular weight is 624 g/mol. The Hall–Kier alpha value is -3.23. The van der Waals surface area contributed by atoms with E-state index in [2.05, 4.69) is 23.8 Å². The number of rotatable bonds is 9. The Morgan fingerprint density at radius 1 is 0.907 bits per heavy atom. The summed E-state index contributed by atoms with van der Waals surface area (Å²) in [6.07, 6.45) is -1.48. The smallest absolute Gasteiger partial charge is 0.489 e. The Morgan fingerprint density at radius 2 is 1.67 bits per heavy atom. The minimum atomic E-state index is -5.03. The second-order valence-corrected chi connectivity index (χ2v) is 11.4. The largest absolute Gasteiger partial charge is 0.573 e. The van der Waals surface area contributed by atoms with Crippen molar-refractivity contribution in [3.8, 4) is 17.2 Å². The molecular formula is C32H32F6NO3P. The number of ether oxygens (including phenoxy) is 2. The molecule has 0 amide bonds. The van der Waals surface area contributed by atoms with Crippen LogP contribution in [-0.4, -0.2) is 43.7 Å². The van der Waals surface area contributed by atoms with Gasteiger partial charge in [0.1, 0.15) is 11.9 Å². The van der Waals surface area contributed by atoms with Crippen molar-refractivity contribution >= 4 is 25.7 Å². The maximum absolute atomic E-state index is 15.0. The summed E-state index contributed by atoms with van der Waals surface area (Å²) in [7, 11) is 2.13. The van der Waals surface area contributed by atoms with Gasteiger partial charge in [0.15, 0.2) is 17.3 Å². The molecule has 3 aromatic carbocycles. The lowest BCUT2D eigenvalue weighted by atomic mass is 9.83. The van der Waals surface area contributed by atoms with Crippen LogP contribution >= 0.6 is 9.24 Å². The topological polar surface area (TPSA) is 30.9 Å². The Balaban J connectivity index is 1.49. The van der Waals surface area contributed by atoms with Crippen LogP contribution in [0, 0.1) is 5.82 Å². The first-order chi connectivity index (χ1) is 20.6. The Labute approximate surface area is 248 Å². The molecule has 0 N–H and O–H groups in total. The third-order valence-electron chi connectivity index (χ3n) is 7.85. The van der Waals surface area contributed by atoms with Crippen LogP contribution in [0.5, 0.6) is 17.2 Å². The lowest BCUT2D eigenvalue weighted by Crippen LogP contribution is -2.26. The fraction of sp³-hybridized carbons (Fsp3) is 0.375. The predicted octanol–water partition coefficient (Wildman–Crippen LogP) is 7.79. The molecule has 0 aromatic heterocycles. The number of benzene rings is 3. The molecule has 2 aliphatic rings. The van der Waals surface area contributed by atoms with Gasteiger partial charge in [0.2, 0.25) is 0 Å². The summed E-state index contributed by atoms with van der Waals surface area (Å²) >= 11 is 0. The molecule has 230 valence electrons. The third-order valence-corrected chi connectivity index (χ3v) is 8.28. The molecule has 43 heavy (non-hydrogen) atoms. The SMILES string of the molecule is FCCCN1CC[C@H](Oc2ccc(/C3=C(\c4cc(F)c(OC(F)(F)F)c(P)c4)CCCc4cc(OF)ccc4C3)cc2)C1. The zero-order valence-electron chi connectivity index (χ0n) is 23.4. The number of nitrogens with zero attached hydrogens (tertiary/aromatic N) is 1. The number of aryl methyl sites for hydroxylation is 1. The normalized spacial score (nSPS) is 19.5. The Kier molecular flexibility index (Phi) is 9.87. The van der Waals surface area contributed by atoms with Gasteiger partial charge in [-0.3, -0.25) is 14.2 Å². The van der Waals surface area contributed by atoms with Gasteiger partial charge in [0.05, 0.1) is 6.67 Å². The summed E-state index contributed by atoms with van der Waals surface area (Å²) in [4.78, 5) is 6.12. The number of alkyl halides is 4. The second kappa shape index (κ2) is 13.6. The van der Waals surface area contributed by atoms with Crippen LogP contribution in [0.3, 0.4) is 0 Å².